The number of fused-ring (bicyclic) bond motifs is 1. The summed E-state index contributed by atoms with van der Waals surface area (Å²) in [4.78, 5) is 0. The highest BCUT2D eigenvalue weighted by molar-refractivity contribution is 7.17. The van der Waals surface area contributed by atoms with Gasteiger partial charge in [-0.25, -0.2) is 0 Å². The van der Waals surface area contributed by atoms with Gasteiger partial charge in [-0.05, 0) is 41.7 Å². The molecule has 0 aliphatic rings. The third-order valence-corrected chi connectivity index (χ3v) is 4.23. The van der Waals surface area contributed by atoms with Gasteiger partial charge in [-0.15, -0.1) is 22.9 Å². The number of benzene rings is 1. The summed E-state index contributed by atoms with van der Waals surface area (Å²) in [6, 6.07) is 8.81. The van der Waals surface area contributed by atoms with Crippen molar-refractivity contribution >= 4 is 33.0 Å². The van der Waals surface area contributed by atoms with Crippen molar-refractivity contribution in [1.82, 2.24) is 5.43 Å². The molecule has 0 aliphatic carbocycles. The fourth-order valence-corrected chi connectivity index (χ4v) is 3.15. The van der Waals surface area contributed by atoms with Crippen LogP contribution in [-0.4, -0.2) is 11.9 Å². The summed E-state index contributed by atoms with van der Waals surface area (Å²) in [5.74, 6) is 6.28. The smallest absolute Gasteiger partial charge is 0.0345 e. The maximum Gasteiger partial charge on any atom is 0.0345 e. The van der Waals surface area contributed by atoms with Crippen molar-refractivity contribution in [3.05, 3.63) is 35.2 Å². The molecule has 92 valence electrons. The third-order valence-electron chi connectivity index (χ3n) is 2.95. The molecule has 2 aromatic rings. The van der Waals surface area contributed by atoms with Crippen molar-refractivity contribution in [2.24, 2.45) is 5.84 Å². The largest absolute Gasteiger partial charge is 0.271 e. The van der Waals surface area contributed by atoms with Gasteiger partial charge in [0, 0.05) is 16.6 Å². The molecular formula is C13H17ClN2S. The molecule has 2 rings (SSSR count). The minimum atomic E-state index is 0.312. The highest BCUT2D eigenvalue weighted by Gasteiger charge is 2.10. The molecule has 1 atom stereocenters. The van der Waals surface area contributed by atoms with Crippen molar-refractivity contribution in [2.45, 2.75) is 25.3 Å². The van der Waals surface area contributed by atoms with Crippen molar-refractivity contribution < 1.29 is 0 Å². The minimum Gasteiger partial charge on any atom is -0.271 e. The van der Waals surface area contributed by atoms with E-state index >= 15 is 0 Å². The summed E-state index contributed by atoms with van der Waals surface area (Å²) in [6.07, 6.45) is 2.99. The fraction of sp³-hybridized carbons (Fsp3) is 0.385. The second kappa shape index (κ2) is 6.36. The van der Waals surface area contributed by atoms with Crippen LogP contribution in [0.1, 0.15) is 18.4 Å². The van der Waals surface area contributed by atoms with Crippen LogP contribution in [0.5, 0.6) is 0 Å². The average Bonchev–Trinajstić information content (AvgIpc) is 2.78. The number of hydrazine groups is 1. The van der Waals surface area contributed by atoms with Gasteiger partial charge in [0.15, 0.2) is 0 Å². The van der Waals surface area contributed by atoms with Gasteiger partial charge in [0.25, 0.3) is 0 Å². The van der Waals surface area contributed by atoms with Crippen LogP contribution in [0.4, 0.5) is 0 Å². The summed E-state index contributed by atoms with van der Waals surface area (Å²) in [5, 5.41) is 3.58. The summed E-state index contributed by atoms with van der Waals surface area (Å²) in [6.45, 7) is 0. The topological polar surface area (TPSA) is 38.0 Å². The molecule has 0 saturated heterocycles. The molecule has 0 spiro atoms. The lowest BCUT2D eigenvalue weighted by Crippen LogP contribution is -2.36. The third kappa shape index (κ3) is 3.19. The van der Waals surface area contributed by atoms with Crippen molar-refractivity contribution in [3.8, 4) is 0 Å². The standard InChI is InChI=1S/C13H17ClN2S/c14-7-3-4-11(16-15)8-10-9-17-13-6-2-1-5-12(10)13/h1-2,5-6,9,11,16H,3-4,7-8,15H2. The Labute approximate surface area is 111 Å². The maximum absolute atomic E-state index is 5.71. The number of alkyl halides is 1. The Kier molecular flexibility index (Phi) is 4.80. The Morgan fingerprint density at radius 3 is 2.94 bits per heavy atom. The molecule has 3 N–H and O–H groups in total. The molecule has 1 heterocycles. The first-order chi connectivity index (χ1) is 8.35. The first-order valence-corrected chi connectivity index (χ1v) is 7.23. The van der Waals surface area contributed by atoms with E-state index < -0.39 is 0 Å². The second-order valence-corrected chi connectivity index (χ2v) is 5.45. The van der Waals surface area contributed by atoms with E-state index in [9.17, 15) is 0 Å². The Morgan fingerprint density at radius 2 is 2.18 bits per heavy atom. The zero-order chi connectivity index (χ0) is 12.1. The molecule has 0 saturated carbocycles. The van der Waals surface area contributed by atoms with E-state index in [1.54, 1.807) is 11.3 Å². The number of hydrogen-bond acceptors (Lipinski definition) is 3. The van der Waals surface area contributed by atoms with Crippen LogP contribution in [0.25, 0.3) is 10.1 Å². The molecule has 0 bridgehead atoms. The van der Waals surface area contributed by atoms with Gasteiger partial charge < -0.3 is 0 Å². The summed E-state index contributed by atoms with van der Waals surface area (Å²) in [5.41, 5.74) is 4.26. The lowest BCUT2D eigenvalue weighted by molar-refractivity contribution is 0.488. The van der Waals surface area contributed by atoms with Crippen LogP contribution < -0.4 is 11.3 Å². The Bertz CT molecular complexity index is 469. The van der Waals surface area contributed by atoms with E-state index in [1.165, 1.54) is 15.6 Å². The van der Waals surface area contributed by atoms with Gasteiger partial charge in [0.1, 0.15) is 0 Å². The molecule has 17 heavy (non-hydrogen) atoms. The summed E-state index contributed by atoms with van der Waals surface area (Å²) in [7, 11) is 0. The fourth-order valence-electron chi connectivity index (χ4n) is 2.02. The van der Waals surface area contributed by atoms with Gasteiger partial charge in [0.05, 0.1) is 0 Å². The van der Waals surface area contributed by atoms with Crippen LogP contribution in [0.3, 0.4) is 0 Å². The van der Waals surface area contributed by atoms with Crippen LogP contribution in [0.2, 0.25) is 0 Å². The zero-order valence-electron chi connectivity index (χ0n) is 9.66. The normalized spacial score (nSPS) is 13.1. The summed E-state index contributed by atoms with van der Waals surface area (Å²) >= 11 is 7.51. The van der Waals surface area contributed by atoms with Crippen molar-refractivity contribution in [3.63, 3.8) is 0 Å². The van der Waals surface area contributed by atoms with Gasteiger partial charge >= 0.3 is 0 Å². The first-order valence-electron chi connectivity index (χ1n) is 5.82. The van der Waals surface area contributed by atoms with Crippen molar-refractivity contribution in [1.29, 1.82) is 0 Å². The Balaban J connectivity index is 2.11. The van der Waals surface area contributed by atoms with Gasteiger partial charge in [0.2, 0.25) is 0 Å². The monoisotopic (exact) mass is 268 g/mol. The number of thiophene rings is 1. The van der Waals surface area contributed by atoms with Crippen molar-refractivity contribution in [2.75, 3.05) is 5.88 Å². The van der Waals surface area contributed by atoms with Crippen LogP contribution >= 0.6 is 22.9 Å². The first kappa shape index (κ1) is 12.8. The van der Waals surface area contributed by atoms with Gasteiger partial charge in [-0.1, -0.05) is 18.2 Å². The predicted octanol–water partition coefficient (Wildman–Crippen LogP) is 3.29. The molecule has 0 amide bonds. The zero-order valence-corrected chi connectivity index (χ0v) is 11.2. The van der Waals surface area contributed by atoms with Gasteiger partial charge in [-0.2, -0.15) is 0 Å². The van der Waals surface area contributed by atoms with E-state index in [0.717, 1.165) is 19.3 Å². The summed E-state index contributed by atoms with van der Waals surface area (Å²) < 4.78 is 1.34. The molecule has 4 heteroatoms. The van der Waals surface area contributed by atoms with Crippen LogP contribution in [0.15, 0.2) is 29.6 Å². The van der Waals surface area contributed by atoms with Crippen LogP contribution in [-0.2, 0) is 6.42 Å². The number of rotatable bonds is 6. The predicted molar refractivity (Wildman–Crippen MR) is 76.6 cm³/mol. The molecule has 1 unspecified atom stereocenters. The average molecular weight is 269 g/mol. The quantitative estimate of drug-likeness (QED) is 0.479. The second-order valence-electron chi connectivity index (χ2n) is 4.16. The number of halogens is 1. The van der Waals surface area contributed by atoms with E-state index in [0.29, 0.717) is 11.9 Å². The molecule has 0 fully saturated rings. The molecule has 0 aliphatic heterocycles. The number of nitrogens with one attached hydrogen (secondary N) is 1. The van der Waals surface area contributed by atoms with E-state index in [4.69, 9.17) is 17.4 Å². The lowest BCUT2D eigenvalue weighted by atomic mass is 10.0. The number of hydrogen-bond donors (Lipinski definition) is 2. The molecule has 1 aromatic carbocycles. The highest BCUT2D eigenvalue weighted by Crippen LogP contribution is 2.26. The maximum atomic E-state index is 5.71. The SMILES string of the molecule is NNC(CCCCl)Cc1csc2ccccc12. The molecule has 2 nitrogen and oxygen atoms in total. The minimum absolute atomic E-state index is 0.312. The van der Waals surface area contributed by atoms with Gasteiger partial charge in [-0.3, -0.25) is 11.3 Å². The molecule has 1 aromatic heterocycles. The number of nitrogens with two attached hydrogens (primary N) is 1. The van der Waals surface area contributed by atoms with E-state index in [2.05, 4.69) is 35.1 Å². The Morgan fingerprint density at radius 1 is 1.35 bits per heavy atom. The lowest BCUT2D eigenvalue weighted by Gasteiger charge is -2.14. The molecule has 0 radical (unpaired) electrons. The Hall–Kier alpha value is -0.610. The molecular weight excluding hydrogens is 252 g/mol. The van der Waals surface area contributed by atoms with Crippen LogP contribution in [0, 0.1) is 0 Å². The van der Waals surface area contributed by atoms with E-state index in [-0.39, 0.29) is 0 Å². The van der Waals surface area contributed by atoms with E-state index in [1.807, 2.05) is 0 Å². The highest BCUT2D eigenvalue weighted by atomic mass is 35.5.